The van der Waals surface area contributed by atoms with Crippen LogP contribution in [0.25, 0.3) is 0 Å². The van der Waals surface area contributed by atoms with Crippen molar-refractivity contribution < 1.29 is 13.2 Å². The summed E-state index contributed by atoms with van der Waals surface area (Å²) < 4.78 is 25.4. The van der Waals surface area contributed by atoms with Crippen molar-refractivity contribution >= 4 is 44.1 Å². The molecule has 1 aliphatic rings. The smallest absolute Gasteiger partial charge is 0.223 e. The van der Waals surface area contributed by atoms with E-state index in [0.29, 0.717) is 12.5 Å². The van der Waals surface area contributed by atoms with Gasteiger partial charge in [0.05, 0.1) is 10.6 Å². The Morgan fingerprint density at radius 2 is 1.91 bits per heavy atom. The molecule has 1 aromatic rings. The van der Waals surface area contributed by atoms with Gasteiger partial charge in [0.25, 0.3) is 0 Å². The van der Waals surface area contributed by atoms with Crippen LogP contribution in [0.1, 0.15) is 19.8 Å². The number of rotatable bonds is 7. The van der Waals surface area contributed by atoms with E-state index in [2.05, 4.69) is 21.2 Å². The van der Waals surface area contributed by atoms with Crippen molar-refractivity contribution in [2.24, 2.45) is 17.6 Å². The third kappa shape index (κ3) is 6.06. The lowest BCUT2D eigenvalue weighted by Crippen LogP contribution is -2.41. The molecule has 0 heterocycles. The summed E-state index contributed by atoms with van der Waals surface area (Å²) in [6, 6.07) is 6.39. The minimum atomic E-state index is -3.48. The first-order chi connectivity index (χ1) is 10.3. The van der Waals surface area contributed by atoms with Gasteiger partial charge in [-0.1, -0.05) is 22.9 Å². The average Bonchev–Trinajstić information content (AvgIpc) is 3.28. The minimum absolute atomic E-state index is 0. The van der Waals surface area contributed by atoms with Crippen molar-refractivity contribution in [3.05, 3.63) is 28.7 Å². The van der Waals surface area contributed by atoms with Gasteiger partial charge < -0.3 is 11.1 Å². The van der Waals surface area contributed by atoms with E-state index in [-0.39, 0.29) is 35.0 Å². The molecule has 2 atom stereocenters. The molecule has 0 spiro atoms. The highest BCUT2D eigenvalue weighted by atomic mass is 79.9. The number of carbonyl (C=O) groups is 1. The lowest BCUT2D eigenvalue weighted by Gasteiger charge is -2.15. The number of benzene rings is 1. The van der Waals surface area contributed by atoms with Crippen LogP contribution in [0.4, 0.5) is 0 Å². The first-order valence-electron chi connectivity index (χ1n) is 7.31. The molecular weight excluding hydrogens is 404 g/mol. The Hall–Kier alpha value is -0.630. The number of hydrogen-bond donors (Lipinski definition) is 2. The monoisotopic (exact) mass is 424 g/mol. The van der Waals surface area contributed by atoms with E-state index < -0.39 is 15.8 Å². The van der Waals surface area contributed by atoms with E-state index in [0.717, 1.165) is 17.3 Å². The summed E-state index contributed by atoms with van der Waals surface area (Å²) in [6.07, 6.45) is 2.23. The molecule has 2 unspecified atom stereocenters. The van der Waals surface area contributed by atoms with Crippen molar-refractivity contribution in [3.8, 4) is 0 Å². The standard InChI is InChI=1S/C15H21BrN2O3S.ClH/c1-10(15(19)18-8-14(17)11-2-3-11)9-22(20,21)13-6-4-12(16)5-7-13;/h4-7,10-11,14H,2-3,8-9,17H2,1H3,(H,18,19);1H. The Kier molecular flexibility index (Phi) is 7.51. The van der Waals surface area contributed by atoms with Gasteiger partial charge in [0.1, 0.15) is 0 Å². The maximum absolute atomic E-state index is 12.3. The zero-order valence-corrected chi connectivity index (χ0v) is 16.1. The average molecular weight is 426 g/mol. The van der Waals surface area contributed by atoms with Crippen molar-refractivity contribution in [1.29, 1.82) is 0 Å². The van der Waals surface area contributed by atoms with Crippen LogP contribution in [0, 0.1) is 11.8 Å². The van der Waals surface area contributed by atoms with Crippen LogP contribution < -0.4 is 11.1 Å². The molecule has 1 fully saturated rings. The third-order valence-corrected chi connectivity index (χ3v) is 6.29. The lowest BCUT2D eigenvalue weighted by molar-refractivity contribution is -0.123. The number of halogens is 2. The fourth-order valence-electron chi connectivity index (χ4n) is 2.23. The molecule has 3 N–H and O–H groups in total. The molecule has 8 heteroatoms. The van der Waals surface area contributed by atoms with E-state index in [9.17, 15) is 13.2 Å². The summed E-state index contributed by atoms with van der Waals surface area (Å²) in [4.78, 5) is 12.2. The molecule has 5 nitrogen and oxygen atoms in total. The topological polar surface area (TPSA) is 89.3 Å². The van der Waals surface area contributed by atoms with Crippen molar-refractivity contribution in [2.75, 3.05) is 12.3 Å². The van der Waals surface area contributed by atoms with E-state index in [1.54, 1.807) is 19.1 Å². The van der Waals surface area contributed by atoms with Crippen LogP contribution in [0.3, 0.4) is 0 Å². The number of hydrogen-bond acceptors (Lipinski definition) is 4. The van der Waals surface area contributed by atoms with Gasteiger partial charge in [0.2, 0.25) is 5.91 Å². The van der Waals surface area contributed by atoms with E-state index >= 15 is 0 Å². The molecule has 0 bridgehead atoms. The summed E-state index contributed by atoms with van der Waals surface area (Å²) in [6.45, 7) is 2.03. The maximum Gasteiger partial charge on any atom is 0.223 e. The number of nitrogens with two attached hydrogens (primary N) is 1. The molecule has 1 aliphatic carbocycles. The summed E-state index contributed by atoms with van der Waals surface area (Å²) >= 11 is 3.27. The van der Waals surface area contributed by atoms with E-state index in [1.165, 1.54) is 12.1 Å². The fourth-order valence-corrected chi connectivity index (χ4v) is 4.04. The predicted octanol–water partition coefficient (Wildman–Crippen LogP) is 2.13. The third-order valence-electron chi connectivity index (χ3n) is 3.83. The summed E-state index contributed by atoms with van der Waals surface area (Å²) in [7, 11) is -3.48. The largest absolute Gasteiger partial charge is 0.354 e. The molecule has 1 amide bonds. The van der Waals surface area contributed by atoms with Crippen molar-refractivity contribution in [2.45, 2.75) is 30.7 Å². The van der Waals surface area contributed by atoms with Crippen LogP contribution in [-0.4, -0.2) is 32.7 Å². The molecule has 2 rings (SSSR count). The van der Waals surface area contributed by atoms with E-state index in [4.69, 9.17) is 5.73 Å². The number of carbonyl (C=O) groups excluding carboxylic acids is 1. The molecule has 1 aromatic carbocycles. The van der Waals surface area contributed by atoms with Crippen LogP contribution >= 0.6 is 28.3 Å². The highest BCUT2D eigenvalue weighted by molar-refractivity contribution is 9.10. The highest BCUT2D eigenvalue weighted by Gasteiger charge is 2.29. The van der Waals surface area contributed by atoms with Gasteiger partial charge in [-0.2, -0.15) is 0 Å². The second-order valence-corrected chi connectivity index (χ2v) is 8.83. The molecule has 0 saturated heterocycles. The molecule has 23 heavy (non-hydrogen) atoms. The number of amides is 1. The zero-order chi connectivity index (χ0) is 16.3. The molecule has 130 valence electrons. The van der Waals surface area contributed by atoms with Crippen molar-refractivity contribution in [1.82, 2.24) is 5.32 Å². The lowest BCUT2D eigenvalue weighted by atomic mass is 10.1. The summed E-state index contributed by atoms with van der Waals surface area (Å²) in [5.41, 5.74) is 5.92. The van der Waals surface area contributed by atoms with Crippen molar-refractivity contribution in [3.63, 3.8) is 0 Å². The van der Waals surface area contributed by atoms with Gasteiger partial charge in [-0.15, -0.1) is 12.4 Å². The molecule has 0 aliphatic heterocycles. The van der Waals surface area contributed by atoms with Gasteiger partial charge in [-0.05, 0) is 43.0 Å². The van der Waals surface area contributed by atoms with E-state index in [1.807, 2.05) is 0 Å². The van der Waals surface area contributed by atoms with Crippen LogP contribution in [0.15, 0.2) is 33.6 Å². The Morgan fingerprint density at radius 3 is 2.43 bits per heavy atom. The predicted molar refractivity (Wildman–Crippen MR) is 96.3 cm³/mol. The van der Waals surface area contributed by atoms with Crippen LogP contribution in [0.2, 0.25) is 0 Å². The van der Waals surface area contributed by atoms with Crippen LogP contribution in [0.5, 0.6) is 0 Å². The Labute approximate surface area is 151 Å². The molecule has 0 radical (unpaired) electrons. The van der Waals surface area contributed by atoms with Gasteiger partial charge in [-0.3, -0.25) is 4.79 Å². The minimum Gasteiger partial charge on any atom is -0.354 e. The summed E-state index contributed by atoms with van der Waals surface area (Å²) in [5.74, 6) is -0.585. The zero-order valence-electron chi connectivity index (χ0n) is 12.9. The second kappa shape index (κ2) is 8.46. The highest BCUT2D eigenvalue weighted by Crippen LogP contribution is 2.31. The number of sulfone groups is 1. The second-order valence-electron chi connectivity index (χ2n) is 5.88. The first-order valence-corrected chi connectivity index (χ1v) is 9.76. The van der Waals surface area contributed by atoms with Gasteiger partial charge in [-0.25, -0.2) is 8.42 Å². The Balaban J connectivity index is 0.00000264. The fraction of sp³-hybridized carbons (Fsp3) is 0.533. The quantitative estimate of drug-likeness (QED) is 0.700. The first kappa shape index (κ1) is 20.4. The van der Waals surface area contributed by atoms with Crippen LogP contribution in [-0.2, 0) is 14.6 Å². The molecule has 0 aromatic heterocycles. The normalized spacial score (nSPS) is 17.0. The Morgan fingerprint density at radius 1 is 1.35 bits per heavy atom. The summed E-state index contributed by atoms with van der Waals surface area (Å²) in [5, 5.41) is 2.75. The maximum atomic E-state index is 12.3. The Bertz CT molecular complexity index is 633. The SMILES string of the molecule is CC(CS(=O)(=O)c1ccc(Br)cc1)C(=O)NCC(N)C1CC1.Cl. The van der Waals surface area contributed by atoms with Gasteiger partial charge in [0.15, 0.2) is 9.84 Å². The molecular formula is C15H22BrClN2O3S. The molecule has 1 saturated carbocycles. The number of nitrogens with one attached hydrogen (secondary N) is 1. The van der Waals surface area contributed by atoms with Gasteiger partial charge in [0, 0.05) is 23.0 Å². The van der Waals surface area contributed by atoms with Gasteiger partial charge >= 0.3 is 0 Å².